The lowest BCUT2D eigenvalue weighted by molar-refractivity contribution is -0.140. The summed E-state index contributed by atoms with van der Waals surface area (Å²) in [5, 5.41) is 10.5. The van der Waals surface area contributed by atoms with Crippen molar-refractivity contribution >= 4 is 42.1 Å². The average Bonchev–Trinajstić information content (AvgIpc) is 3.19. The third-order valence-electron chi connectivity index (χ3n) is 4.23. The summed E-state index contributed by atoms with van der Waals surface area (Å²) < 4.78 is 29.0. The predicted molar refractivity (Wildman–Crippen MR) is 102 cm³/mol. The topological polar surface area (TPSA) is 116 Å². The van der Waals surface area contributed by atoms with Crippen LogP contribution in [0.2, 0.25) is 5.02 Å². The molecule has 0 fully saturated rings. The highest BCUT2D eigenvalue weighted by Crippen LogP contribution is 2.54. The molecule has 1 unspecified atom stereocenters. The van der Waals surface area contributed by atoms with Crippen LogP contribution < -0.4 is 10.6 Å². The number of nitrogens with one attached hydrogen (secondary N) is 1. The molecule has 0 aromatic heterocycles. The fraction of sp³-hybridized carbons (Fsp3) is 0.412. The van der Waals surface area contributed by atoms with E-state index >= 15 is 0 Å². The summed E-state index contributed by atoms with van der Waals surface area (Å²) in [6, 6.07) is 2.98. The number of fused-ring (bicyclic) bond motifs is 2. The number of hydrogen-bond donors (Lipinski definition) is 1. The van der Waals surface area contributed by atoms with Crippen molar-refractivity contribution in [1.29, 1.82) is 0 Å². The Bertz CT molecular complexity index is 937. The van der Waals surface area contributed by atoms with Gasteiger partial charge in [-0.1, -0.05) is 11.6 Å². The summed E-state index contributed by atoms with van der Waals surface area (Å²) in [5.41, 5.74) is -1.39. The molecular weight excluding hydrogens is 409 g/mol. The third-order valence-corrected chi connectivity index (χ3v) is 6.92. The number of azo groups is 1. The van der Waals surface area contributed by atoms with Crippen LogP contribution in [0, 0.1) is 0 Å². The molecule has 1 atom stereocenters. The highest BCUT2D eigenvalue weighted by atomic mass is 35.5. The number of amides is 1. The quantitative estimate of drug-likeness (QED) is 0.527. The van der Waals surface area contributed by atoms with Crippen LogP contribution in [0.25, 0.3) is 0 Å². The van der Waals surface area contributed by atoms with Crippen molar-refractivity contribution in [2.24, 2.45) is 10.2 Å². The van der Waals surface area contributed by atoms with Crippen molar-refractivity contribution in [3.63, 3.8) is 0 Å². The maximum atomic E-state index is 13.2. The average molecular weight is 428 g/mol. The summed E-state index contributed by atoms with van der Waals surface area (Å²) in [4.78, 5) is 25.3. The minimum absolute atomic E-state index is 0.0443. The van der Waals surface area contributed by atoms with E-state index in [4.69, 9.17) is 25.4 Å². The largest absolute Gasteiger partial charge is 0.462 e. The molecule has 1 N–H and O–H groups in total. The van der Waals surface area contributed by atoms with Gasteiger partial charge >= 0.3 is 13.6 Å². The molecule has 11 heteroatoms. The second-order valence-corrected chi connectivity index (χ2v) is 8.17. The monoisotopic (exact) mass is 427 g/mol. The molecule has 1 amide bonds. The number of esters is 1. The maximum absolute atomic E-state index is 13.2. The minimum atomic E-state index is -3.75. The number of carbonyl (C=O) groups is 2. The van der Waals surface area contributed by atoms with Gasteiger partial charge < -0.3 is 19.1 Å². The molecule has 0 radical (unpaired) electrons. The Morgan fingerprint density at radius 3 is 2.50 bits per heavy atom. The Labute approximate surface area is 166 Å². The van der Waals surface area contributed by atoms with E-state index in [1.54, 1.807) is 20.8 Å². The van der Waals surface area contributed by atoms with Gasteiger partial charge in [0.05, 0.1) is 36.3 Å². The number of nitrogens with zero attached hydrogens (tertiary/aromatic N) is 2. The van der Waals surface area contributed by atoms with Crippen LogP contribution in [0.4, 0.5) is 5.69 Å². The number of benzene rings is 1. The lowest BCUT2D eigenvalue weighted by atomic mass is 9.85. The molecule has 1 aromatic carbocycles. The van der Waals surface area contributed by atoms with E-state index in [9.17, 15) is 14.2 Å². The Hall–Kier alpha value is -2.06. The van der Waals surface area contributed by atoms with Crippen LogP contribution in [0.3, 0.4) is 0 Å². The SMILES string of the molecule is CCOC(=O)C1=CN=NC12C(=O)Nc1ccc(P(=O)(OCC)OCC)c(Cl)c12. The van der Waals surface area contributed by atoms with Crippen molar-refractivity contribution in [3.8, 4) is 0 Å². The highest BCUT2D eigenvalue weighted by molar-refractivity contribution is 7.62. The molecule has 1 aromatic rings. The van der Waals surface area contributed by atoms with Gasteiger partial charge in [0.25, 0.3) is 5.91 Å². The molecule has 2 heterocycles. The number of anilines is 1. The molecule has 2 aliphatic rings. The Kier molecular flexibility index (Phi) is 5.72. The van der Waals surface area contributed by atoms with Gasteiger partial charge in [0.15, 0.2) is 0 Å². The summed E-state index contributed by atoms with van der Waals surface area (Å²) in [5.74, 6) is -1.35. The molecule has 0 saturated heterocycles. The summed E-state index contributed by atoms with van der Waals surface area (Å²) in [6.07, 6.45) is 1.17. The zero-order valence-electron chi connectivity index (χ0n) is 15.5. The molecule has 3 rings (SSSR count). The van der Waals surface area contributed by atoms with Gasteiger partial charge in [-0.05, 0) is 32.9 Å². The number of rotatable bonds is 7. The zero-order valence-corrected chi connectivity index (χ0v) is 17.2. The second kappa shape index (κ2) is 7.75. The van der Waals surface area contributed by atoms with E-state index in [0.29, 0.717) is 5.69 Å². The summed E-state index contributed by atoms with van der Waals surface area (Å²) >= 11 is 6.59. The van der Waals surface area contributed by atoms with Crippen LogP contribution in [-0.4, -0.2) is 31.7 Å². The van der Waals surface area contributed by atoms with Crippen molar-refractivity contribution in [3.05, 3.63) is 34.5 Å². The second-order valence-electron chi connectivity index (χ2n) is 5.80. The number of hydrogen-bond acceptors (Lipinski definition) is 8. The summed E-state index contributed by atoms with van der Waals surface area (Å²) in [6.45, 7) is 5.35. The standard InChI is InChI=1S/C17H19ClN3O6P/c1-4-25-15(22)10-9-19-21-17(10)13-11(20-16(17)23)7-8-12(14(13)18)28(24,26-5-2)27-6-3/h7-9H,4-6H2,1-3H3,(H,20,23). The minimum Gasteiger partial charge on any atom is -0.462 e. The molecule has 9 nitrogen and oxygen atoms in total. The first-order chi connectivity index (χ1) is 13.4. The van der Waals surface area contributed by atoms with E-state index in [-0.39, 0.29) is 41.3 Å². The molecule has 150 valence electrons. The van der Waals surface area contributed by atoms with Gasteiger partial charge in [0.1, 0.15) is 5.57 Å². The lowest BCUT2D eigenvalue weighted by Gasteiger charge is -2.23. The van der Waals surface area contributed by atoms with E-state index in [1.807, 2.05) is 0 Å². The molecule has 1 spiro atoms. The molecule has 0 aliphatic carbocycles. The van der Waals surface area contributed by atoms with E-state index in [0.717, 1.165) is 0 Å². The van der Waals surface area contributed by atoms with Crippen LogP contribution in [-0.2, 0) is 33.5 Å². The van der Waals surface area contributed by atoms with Gasteiger partial charge in [0, 0.05) is 11.3 Å². The first-order valence-electron chi connectivity index (χ1n) is 8.69. The van der Waals surface area contributed by atoms with E-state index in [2.05, 4.69) is 15.5 Å². The van der Waals surface area contributed by atoms with Crippen LogP contribution in [0.15, 0.2) is 34.1 Å². The predicted octanol–water partition coefficient (Wildman–Crippen LogP) is 3.29. The fourth-order valence-electron chi connectivity index (χ4n) is 3.16. The number of ether oxygens (including phenoxy) is 1. The molecule has 0 bridgehead atoms. The van der Waals surface area contributed by atoms with Crippen molar-refractivity contribution in [2.45, 2.75) is 26.3 Å². The molecule has 28 heavy (non-hydrogen) atoms. The molecular formula is C17H19ClN3O6P. The van der Waals surface area contributed by atoms with Crippen molar-refractivity contribution < 1.29 is 27.9 Å². The van der Waals surface area contributed by atoms with Gasteiger partial charge in [-0.25, -0.2) is 4.79 Å². The fourth-order valence-corrected chi connectivity index (χ4v) is 5.41. The normalized spacial score (nSPS) is 20.3. The number of carbonyl (C=O) groups excluding carboxylic acids is 2. The smallest absolute Gasteiger partial charge is 0.362 e. The van der Waals surface area contributed by atoms with Gasteiger partial charge in [-0.2, -0.15) is 10.2 Å². The molecule has 0 saturated carbocycles. The van der Waals surface area contributed by atoms with E-state index in [1.165, 1.54) is 18.3 Å². The highest BCUT2D eigenvalue weighted by Gasteiger charge is 2.57. The lowest BCUT2D eigenvalue weighted by Crippen LogP contribution is -2.37. The Morgan fingerprint density at radius 1 is 1.21 bits per heavy atom. The number of halogens is 1. The Balaban J connectivity index is 2.21. The van der Waals surface area contributed by atoms with Crippen LogP contribution in [0.1, 0.15) is 26.3 Å². The van der Waals surface area contributed by atoms with Crippen molar-refractivity contribution in [1.82, 2.24) is 0 Å². The van der Waals surface area contributed by atoms with E-state index < -0.39 is 25.0 Å². The van der Waals surface area contributed by atoms with Crippen molar-refractivity contribution in [2.75, 3.05) is 25.1 Å². The zero-order chi connectivity index (χ0) is 20.5. The Morgan fingerprint density at radius 2 is 1.89 bits per heavy atom. The van der Waals surface area contributed by atoms with Gasteiger partial charge in [0.2, 0.25) is 5.54 Å². The first kappa shape index (κ1) is 20.7. The maximum Gasteiger partial charge on any atom is 0.362 e. The van der Waals surface area contributed by atoms with Crippen LogP contribution >= 0.6 is 19.2 Å². The first-order valence-corrected chi connectivity index (χ1v) is 10.6. The van der Waals surface area contributed by atoms with Gasteiger partial charge in [-0.3, -0.25) is 9.36 Å². The van der Waals surface area contributed by atoms with Crippen LogP contribution in [0.5, 0.6) is 0 Å². The molecule has 2 aliphatic heterocycles. The van der Waals surface area contributed by atoms with Gasteiger partial charge in [-0.15, -0.1) is 0 Å². The third kappa shape index (κ3) is 2.99. The summed E-state index contributed by atoms with van der Waals surface area (Å²) in [7, 11) is -3.75.